The third kappa shape index (κ3) is 5.26. The second-order valence-corrected chi connectivity index (χ2v) is 11.4. The maximum atomic E-state index is 9.14. The predicted octanol–water partition coefficient (Wildman–Crippen LogP) is 11.3. The number of rotatable bonds is 6. The molecule has 0 saturated carbocycles. The molecule has 0 atom stereocenters. The van der Waals surface area contributed by atoms with Gasteiger partial charge in [0.05, 0.1) is 23.4 Å². The van der Waals surface area contributed by atoms with Crippen LogP contribution < -0.4 is 0 Å². The third-order valence-electron chi connectivity index (χ3n) is 8.47. The minimum atomic E-state index is -0.534. The van der Waals surface area contributed by atoms with E-state index in [0.29, 0.717) is 39.6 Å². The molecule has 0 radical (unpaired) electrons. The monoisotopic (exact) mass is 635 g/mol. The van der Waals surface area contributed by atoms with E-state index >= 15 is 0 Å². The average Bonchev–Trinajstić information content (AvgIpc) is 3.63. The lowest BCUT2D eigenvalue weighted by Gasteiger charge is -2.12. The molecule has 4 nitrogen and oxygen atoms in total. The van der Waals surface area contributed by atoms with Gasteiger partial charge >= 0.3 is 0 Å². The molecule has 0 aliphatic carbocycles. The number of para-hydroxylation sites is 1. The molecule has 0 bridgehead atoms. The molecule has 0 unspecified atom stereocenters. The molecule has 0 aliphatic heterocycles. The van der Waals surface area contributed by atoms with Crippen molar-refractivity contribution in [3.8, 4) is 62.1 Å². The Balaban J connectivity index is 1.28. The maximum Gasteiger partial charge on any atom is 0.164 e. The summed E-state index contributed by atoms with van der Waals surface area (Å²) in [6.45, 7) is 0. The van der Waals surface area contributed by atoms with Crippen LogP contribution in [0.4, 0.5) is 0 Å². The van der Waals surface area contributed by atoms with Crippen LogP contribution in [0.1, 0.15) is 12.3 Å². The fourth-order valence-corrected chi connectivity index (χ4v) is 6.20. The molecule has 0 saturated heterocycles. The summed E-state index contributed by atoms with van der Waals surface area (Å²) in [4.78, 5) is 14.8. The van der Waals surface area contributed by atoms with E-state index in [1.54, 1.807) is 22.8 Å². The number of benzene rings is 7. The molecule has 0 amide bonds. The number of nitrogens with zero attached hydrogens (tertiary/aromatic N) is 4. The van der Waals surface area contributed by atoms with Gasteiger partial charge in [-0.15, -0.1) is 0 Å². The fraction of sp³-hybridized carbons (Fsp3) is 0. The summed E-state index contributed by atoms with van der Waals surface area (Å²) < 4.78 is 79.7. The summed E-state index contributed by atoms with van der Waals surface area (Å²) in [6.07, 6.45) is 0. The normalized spacial score (nSPS) is 13.8. The first kappa shape index (κ1) is 20.6. The van der Waals surface area contributed by atoms with Crippen LogP contribution in [0, 0.1) is 0 Å². The third-order valence-corrected chi connectivity index (χ3v) is 8.47. The van der Waals surface area contributed by atoms with E-state index in [1.165, 1.54) is 0 Å². The number of fused-ring (bicyclic) bond motifs is 3. The Morgan fingerprint density at radius 2 is 0.959 bits per heavy atom. The van der Waals surface area contributed by atoms with Crippen LogP contribution in [0.15, 0.2) is 182 Å². The van der Waals surface area contributed by atoms with Gasteiger partial charge in [-0.1, -0.05) is 158 Å². The van der Waals surface area contributed by atoms with Gasteiger partial charge in [0.25, 0.3) is 0 Å². The Morgan fingerprint density at radius 1 is 0.408 bits per heavy atom. The van der Waals surface area contributed by atoms with Gasteiger partial charge in [0.1, 0.15) is 0 Å². The minimum absolute atomic E-state index is 0.0697. The molecule has 9 aromatic rings. The van der Waals surface area contributed by atoms with Crippen molar-refractivity contribution in [1.29, 1.82) is 0 Å². The highest BCUT2D eigenvalue weighted by atomic mass is 15.0. The van der Waals surface area contributed by atoms with E-state index in [2.05, 4.69) is 12.1 Å². The lowest BCUT2D eigenvalue weighted by molar-refractivity contribution is 1.07. The molecule has 230 valence electrons. The first-order valence-electron chi connectivity index (χ1n) is 20.2. The van der Waals surface area contributed by atoms with Crippen molar-refractivity contribution in [3.05, 3.63) is 182 Å². The van der Waals surface area contributed by atoms with Gasteiger partial charge in [0.15, 0.2) is 17.5 Å². The van der Waals surface area contributed by atoms with Crippen LogP contribution in [0.25, 0.3) is 83.9 Å². The first-order chi connectivity index (χ1) is 28.0. The summed E-state index contributed by atoms with van der Waals surface area (Å²) in [5.41, 5.74) is 5.63. The molecule has 0 spiro atoms. The first-order valence-corrected chi connectivity index (χ1v) is 15.7. The van der Waals surface area contributed by atoms with Gasteiger partial charge in [-0.05, 0) is 46.5 Å². The molecule has 0 fully saturated rings. The predicted molar refractivity (Wildman–Crippen MR) is 201 cm³/mol. The van der Waals surface area contributed by atoms with Crippen LogP contribution in [0.2, 0.25) is 0 Å². The van der Waals surface area contributed by atoms with Crippen molar-refractivity contribution < 1.29 is 12.3 Å². The van der Waals surface area contributed by atoms with Crippen molar-refractivity contribution in [1.82, 2.24) is 19.5 Å². The second-order valence-electron chi connectivity index (χ2n) is 11.4. The highest BCUT2D eigenvalue weighted by Crippen LogP contribution is 2.39. The summed E-state index contributed by atoms with van der Waals surface area (Å²) >= 11 is 0. The van der Waals surface area contributed by atoms with Gasteiger partial charge in [-0.2, -0.15) is 0 Å². The van der Waals surface area contributed by atoms with E-state index in [1.807, 2.05) is 97.1 Å². The largest absolute Gasteiger partial charge is 0.309 e. The lowest BCUT2D eigenvalue weighted by atomic mass is 9.99. The minimum Gasteiger partial charge on any atom is -0.309 e. The quantitative estimate of drug-likeness (QED) is 0.183. The Hall–Kier alpha value is -6.65. The summed E-state index contributed by atoms with van der Waals surface area (Å²) in [5, 5.41) is 0.475. The highest BCUT2D eigenvalue weighted by Gasteiger charge is 2.18. The Labute approximate surface area is 297 Å². The molecule has 7 aromatic carbocycles. The van der Waals surface area contributed by atoms with Crippen LogP contribution in [-0.4, -0.2) is 19.5 Å². The molecule has 0 N–H and O–H groups in total. The van der Waals surface area contributed by atoms with Crippen LogP contribution >= 0.6 is 0 Å². The molecular formula is C45H30N4. The lowest BCUT2D eigenvalue weighted by Crippen LogP contribution is -2.01. The number of hydrogen-bond donors (Lipinski definition) is 0. The van der Waals surface area contributed by atoms with E-state index in [9.17, 15) is 0 Å². The average molecular weight is 636 g/mol. The summed E-state index contributed by atoms with van der Waals surface area (Å²) in [5.74, 6) is 1.30. The van der Waals surface area contributed by atoms with Crippen molar-refractivity contribution in [2.75, 3.05) is 0 Å². The Bertz CT molecular complexity index is 3070. The molecule has 4 heteroatoms. The summed E-state index contributed by atoms with van der Waals surface area (Å²) in [6, 6.07) is 36.2. The molecule has 0 aliphatic rings. The summed E-state index contributed by atoms with van der Waals surface area (Å²) in [7, 11) is 0. The molecule has 2 heterocycles. The zero-order chi connectivity index (χ0) is 40.4. The van der Waals surface area contributed by atoms with E-state index in [0.717, 1.165) is 22.3 Å². The second kappa shape index (κ2) is 12.2. The Morgan fingerprint density at radius 3 is 1.69 bits per heavy atom. The zero-order valence-electron chi connectivity index (χ0n) is 34.9. The van der Waals surface area contributed by atoms with Crippen molar-refractivity contribution in [2.24, 2.45) is 0 Å². The Kier molecular flexibility index (Phi) is 5.11. The van der Waals surface area contributed by atoms with Crippen molar-refractivity contribution >= 4 is 21.8 Å². The van der Waals surface area contributed by atoms with Crippen LogP contribution in [0.3, 0.4) is 0 Å². The van der Waals surface area contributed by atoms with Gasteiger partial charge in [0.2, 0.25) is 0 Å². The van der Waals surface area contributed by atoms with Crippen LogP contribution in [-0.2, 0) is 0 Å². The number of hydrogen-bond acceptors (Lipinski definition) is 3. The van der Waals surface area contributed by atoms with E-state index in [-0.39, 0.29) is 34.1 Å². The van der Waals surface area contributed by atoms with Crippen LogP contribution in [0.5, 0.6) is 0 Å². The standard InChI is InChI=1S/C45H30N4/c1-4-14-31(15-5-1)32-26-28-35(29-27-32)44-46-43(34-18-8-3-9-19-34)47-45(48-44)36-20-12-21-37(30-36)49-40-24-11-10-22-39(40)42-38(23-13-25-41(42)49)33-16-6-2-7-17-33/h1-30H/i2D,6D,7D,10D,11D,16D,17D,22D,24D. The van der Waals surface area contributed by atoms with E-state index in [4.69, 9.17) is 27.3 Å². The fourth-order valence-electron chi connectivity index (χ4n) is 6.20. The molecule has 2 aromatic heterocycles. The smallest absolute Gasteiger partial charge is 0.164 e. The van der Waals surface area contributed by atoms with Gasteiger partial charge < -0.3 is 4.57 Å². The van der Waals surface area contributed by atoms with Gasteiger partial charge in [-0.25, -0.2) is 15.0 Å². The van der Waals surface area contributed by atoms with Gasteiger partial charge in [0, 0.05) is 33.2 Å². The van der Waals surface area contributed by atoms with Crippen molar-refractivity contribution in [2.45, 2.75) is 0 Å². The van der Waals surface area contributed by atoms with Gasteiger partial charge in [-0.3, -0.25) is 0 Å². The molecule has 9 rings (SSSR count). The van der Waals surface area contributed by atoms with Crippen molar-refractivity contribution in [3.63, 3.8) is 0 Å². The maximum absolute atomic E-state index is 9.14. The molecule has 49 heavy (non-hydrogen) atoms. The topological polar surface area (TPSA) is 43.6 Å². The SMILES string of the molecule is [2H]c1c([2H])c([2H])c(-c2cccc3c2c2c([2H])c([2H])c([2H])c([2H])c2n3-c2cccc(-c3nc(-c4ccccc4)nc(-c4ccc(-c5ccccc5)cc4)n3)c2)c([2H])c1[2H]. The zero-order valence-corrected chi connectivity index (χ0v) is 25.9. The highest BCUT2D eigenvalue weighted by molar-refractivity contribution is 6.15. The molecular weight excluding hydrogens is 597 g/mol. The van der Waals surface area contributed by atoms with E-state index < -0.39 is 42.3 Å². The number of aromatic nitrogens is 4.